The second-order valence-electron chi connectivity index (χ2n) is 9.74. The molecule has 4 rings (SSSR count). The molecule has 3 saturated carbocycles. The Morgan fingerprint density at radius 1 is 1.28 bits per heavy atom. The first-order valence-corrected chi connectivity index (χ1v) is 10.1. The standard InChI is InChI=1S/C22H26F2O5/c1-11-6-13-14-8-16(23)15-7-12(26)4-5-19(15,2)21(14,24)17(27)9-20(13,3)22(11,29)18(28)10-25/h4-5,7,10-11,13-14,16-17,27,29H,6,8-9H2,1-3H3. The Morgan fingerprint density at radius 3 is 2.55 bits per heavy atom. The van der Waals surface area contributed by atoms with E-state index in [9.17, 15) is 24.6 Å². The van der Waals surface area contributed by atoms with Crippen LogP contribution < -0.4 is 0 Å². The van der Waals surface area contributed by atoms with Gasteiger partial charge in [0.2, 0.25) is 5.78 Å². The average molecular weight is 408 g/mol. The van der Waals surface area contributed by atoms with E-state index in [2.05, 4.69) is 0 Å². The highest BCUT2D eigenvalue weighted by Crippen LogP contribution is 2.70. The first-order chi connectivity index (χ1) is 13.4. The zero-order valence-corrected chi connectivity index (χ0v) is 16.7. The van der Waals surface area contributed by atoms with Crippen molar-refractivity contribution in [2.24, 2.45) is 28.6 Å². The maximum Gasteiger partial charge on any atom is 0.227 e. The van der Waals surface area contributed by atoms with Crippen LogP contribution >= 0.6 is 0 Å². The molecule has 5 nitrogen and oxygen atoms in total. The van der Waals surface area contributed by atoms with Crippen molar-refractivity contribution in [2.75, 3.05) is 0 Å². The van der Waals surface area contributed by atoms with E-state index in [1.54, 1.807) is 13.8 Å². The lowest BCUT2D eigenvalue weighted by molar-refractivity contribution is -0.222. The van der Waals surface area contributed by atoms with Crippen LogP contribution in [-0.4, -0.2) is 51.6 Å². The monoisotopic (exact) mass is 408 g/mol. The number of aliphatic hydroxyl groups is 2. The first-order valence-electron chi connectivity index (χ1n) is 10.1. The third kappa shape index (κ3) is 2.13. The number of hydrogen-bond acceptors (Lipinski definition) is 5. The van der Waals surface area contributed by atoms with Crippen LogP contribution in [-0.2, 0) is 14.4 Å². The van der Waals surface area contributed by atoms with Crippen molar-refractivity contribution in [3.63, 3.8) is 0 Å². The van der Waals surface area contributed by atoms with Gasteiger partial charge in [-0.15, -0.1) is 0 Å². The van der Waals surface area contributed by atoms with E-state index in [-0.39, 0.29) is 31.1 Å². The summed E-state index contributed by atoms with van der Waals surface area (Å²) < 4.78 is 32.1. The molecular weight excluding hydrogens is 382 g/mol. The van der Waals surface area contributed by atoms with Gasteiger partial charge in [-0.05, 0) is 55.7 Å². The van der Waals surface area contributed by atoms with Crippen molar-refractivity contribution in [3.8, 4) is 0 Å². The molecule has 158 valence electrons. The van der Waals surface area contributed by atoms with Gasteiger partial charge in [-0.3, -0.25) is 14.4 Å². The fourth-order valence-electron chi connectivity index (χ4n) is 7.15. The van der Waals surface area contributed by atoms with Gasteiger partial charge in [-0.1, -0.05) is 19.9 Å². The molecule has 0 aromatic heterocycles. The maximum absolute atomic E-state index is 16.8. The largest absolute Gasteiger partial charge is 0.390 e. The number of rotatable bonds is 2. The Bertz CT molecular complexity index is 867. The lowest BCUT2D eigenvalue weighted by Gasteiger charge is -2.62. The summed E-state index contributed by atoms with van der Waals surface area (Å²) in [5.74, 6) is -3.64. The Morgan fingerprint density at radius 2 is 1.93 bits per heavy atom. The molecule has 0 aromatic rings. The molecule has 0 bridgehead atoms. The third-order valence-corrected chi connectivity index (χ3v) is 8.69. The van der Waals surface area contributed by atoms with Crippen LogP contribution in [0.1, 0.15) is 40.0 Å². The topological polar surface area (TPSA) is 91.7 Å². The molecule has 2 N–H and O–H groups in total. The molecule has 29 heavy (non-hydrogen) atoms. The van der Waals surface area contributed by atoms with E-state index in [1.807, 2.05) is 0 Å². The molecular formula is C22H26F2O5. The summed E-state index contributed by atoms with van der Waals surface area (Å²) in [7, 11) is 0. The number of ketones is 2. The number of Topliss-reactive ketones (excluding diaryl/α,β-unsaturated/α-hetero) is 1. The number of carbonyl (C=O) groups is 3. The van der Waals surface area contributed by atoms with Gasteiger partial charge in [0.25, 0.3) is 0 Å². The van der Waals surface area contributed by atoms with Crippen LogP contribution in [0.15, 0.2) is 23.8 Å². The smallest absolute Gasteiger partial charge is 0.227 e. The number of aldehydes is 1. The van der Waals surface area contributed by atoms with Crippen LogP contribution in [0, 0.1) is 28.6 Å². The van der Waals surface area contributed by atoms with Crippen molar-refractivity contribution in [1.29, 1.82) is 0 Å². The fourth-order valence-corrected chi connectivity index (χ4v) is 7.15. The van der Waals surface area contributed by atoms with Gasteiger partial charge in [-0.25, -0.2) is 8.78 Å². The lowest BCUT2D eigenvalue weighted by atomic mass is 9.44. The van der Waals surface area contributed by atoms with Crippen molar-refractivity contribution in [3.05, 3.63) is 23.8 Å². The Balaban J connectivity index is 1.88. The highest BCUT2D eigenvalue weighted by Gasteiger charge is 2.76. The molecule has 3 fully saturated rings. The summed E-state index contributed by atoms with van der Waals surface area (Å²) >= 11 is 0. The highest BCUT2D eigenvalue weighted by atomic mass is 19.1. The normalized spacial score (nSPS) is 53.6. The number of fused-ring (bicyclic) bond motifs is 5. The number of aliphatic hydroxyl groups excluding tert-OH is 1. The van der Waals surface area contributed by atoms with E-state index in [1.165, 1.54) is 19.1 Å². The van der Waals surface area contributed by atoms with Crippen LogP contribution in [0.25, 0.3) is 0 Å². The predicted molar refractivity (Wildman–Crippen MR) is 99.2 cm³/mol. The summed E-state index contributed by atoms with van der Waals surface area (Å²) in [5.41, 5.74) is -7.06. The van der Waals surface area contributed by atoms with Crippen LogP contribution in [0.3, 0.4) is 0 Å². The lowest BCUT2D eigenvalue weighted by Crippen LogP contribution is -2.70. The van der Waals surface area contributed by atoms with Gasteiger partial charge in [0.05, 0.1) is 6.10 Å². The third-order valence-electron chi connectivity index (χ3n) is 8.69. The van der Waals surface area contributed by atoms with Crippen molar-refractivity contribution >= 4 is 17.9 Å². The number of carbonyl (C=O) groups excluding carboxylic acids is 3. The van der Waals surface area contributed by atoms with Gasteiger partial charge < -0.3 is 10.2 Å². The van der Waals surface area contributed by atoms with Crippen LogP contribution in [0.4, 0.5) is 8.78 Å². The molecule has 0 saturated heterocycles. The van der Waals surface area contributed by atoms with Gasteiger partial charge in [0.1, 0.15) is 11.8 Å². The van der Waals surface area contributed by atoms with Crippen molar-refractivity contribution < 1.29 is 33.4 Å². The van der Waals surface area contributed by atoms with E-state index in [4.69, 9.17) is 0 Å². The first kappa shape index (κ1) is 20.5. The van der Waals surface area contributed by atoms with E-state index in [0.717, 1.165) is 6.08 Å². The molecule has 9 atom stereocenters. The minimum Gasteiger partial charge on any atom is -0.390 e. The summed E-state index contributed by atoms with van der Waals surface area (Å²) in [4.78, 5) is 35.5. The van der Waals surface area contributed by atoms with Crippen LogP contribution in [0.2, 0.25) is 0 Å². The maximum atomic E-state index is 16.8. The SMILES string of the molecule is CC1CC2C3CC(F)C4=CC(=O)C=CC4(C)C3(F)C(O)CC2(C)C1(O)C(=O)C=O. The van der Waals surface area contributed by atoms with Gasteiger partial charge in [0.15, 0.2) is 17.7 Å². The highest BCUT2D eigenvalue weighted by molar-refractivity contribution is 6.29. The number of alkyl halides is 2. The molecule has 0 amide bonds. The van der Waals surface area contributed by atoms with Gasteiger partial charge in [0, 0.05) is 16.7 Å². The minimum absolute atomic E-state index is 0.0247. The average Bonchev–Trinajstić information content (AvgIpc) is 2.86. The summed E-state index contributed by atoms with van der Waals surface area (Å²) in [6.07, 6.45) is 0.282. The van der Waals surface area contributed by atoms with E-state index >= 15 is 8.78 Å². The Labute approximate surface area is 167 Å². The second kappa shape index (κ2) is 5.91. The molecule has 0 spiro atoms. The molecule has 0 aromatic carbocycles. The van der Waals surface area contributed by atoms with Crippen LogP contribution in [0.5, 0.6) is 0 Å². The number of halogens is 2. The Kier molecular flexibility index (Phi) is 4.19. The zero-order chi connectivity index (χ0) is 21.6. The Hall–Kier alpha value is -1.73. The van der Waals surface area contributed by atoms with Crippen molar-refractivity contribution in [1.82, 2.24) is 0 Å². The fraction of sp³-hybridized carbons (Fsp3) is 0.682. The molecule has 7 heteroatoms. The number of hydrogen-bond donors (Lipinski definition) is 2. The summed E-state index contributed by atoms with van der Waals surface area (Å²) in [6.45, 7) is 4.71. The molecule has 4 aliphatic rings. The molecule has 9 unspecified atom stereocenters. The summed E-state index contributed by atoms with van der Waals surface area (Å²) in [5, 5.41) is 22.3. The molecule has 0 heterocycles. The quantitative estimate of drug-likeness (QED) is 0.539. The van der Waals surface area contributed by atoms with Gasteiger partial charge >= 0.3 is 0 Å². The van der Waals surface area contributed by atoms with E-state index < -0.39 is 63.7 Å². The van der Waals surface area contributed by atoms with Crippen molar-refractivity contribution in [2.45, 2.75) is 63.6 Å². The second-order valence-corrected chi connectivity index (χ2v) is 9.74. The minimum atomic E-state index is -2.27. The summed E-state index contributed by atoms with van der Waals surface area (Å²) in [6, 6.07) is 0. The zero-order valence-electron chi connectivity index (χ0n) is 16.7. The number of allylic oxidation sites excluding steroid dienone is 4. The van der Waals surface area contributed by atoms with Gasteiger partial charge in [-0.2, -0.15) is 0 Å². The molecule has 4 aliphatic carbocycles. The van der Waals surface area contributed by atoms with E-state index in [0.29, 0.717) is 0 Å². The predicted octanol–water partition coefficient (Wildman–Crippen LogP) is 2.05. The molecule has 0 aliphatic heterocycles. The molecule has 0 radical (unpaired) electrons.